The third-order valence-electron chi connectivity index (χ3n) is 2.94. The summed E-state index contributed by atoms with van der Waals surface area (Å²) in [5.41, 5.74) is 3.16. The number of hydrogen-bond donors (Lipinski definition) is 1. The number of rotatable bonds is 5. The van der Waals surface area contributed by atoms with E-state index in [1.54, 1.807) is 6.07 Å². The van der Waals surface area contributed by atoms with E-state index in [1.165, 1.54) is 5.56 Å². The summed E-state index contributed by atoms with van der Waals surface area (Å²) in [5.74, 6) is 0.620. The molecule has 2 aromatic rings. The van der Waals surface area contributed by atoms with E-state index in [9.17, 15) is 0 Å². The Kier molecular flexibility index (Phi) is 5.30. The van der Waals surface area contributed by atoms with Crippen LogP contribution in [0.3, 0.4) is 0 Å². The molecule has 0 aliphatic heterocycles. The van der Waals surface area contributed by atoms with Crippen LogP contribution in [-0.2, 0) is 6.54 Å². The van der Waals surface area contributed by atoms with Crippen molar-refractivity contribution in [2.45, 2.75) is 13.5 Å². The lowest BCUT2D eigenvalue weighted by molar-refractivity contribution is 0.340. The molecule has 0 spiro atoms. The van der Waals surface area contributed by atoms with Crippen molar-refractivity contribution in [2.75, 3.05) is 13.7 Å². The Hall–Kier alpha value is -1.22. The molecule has 1 N–H and O–H groups in total. The van der Waals surface area contributed by atoms with Gasteiger partial charge in [0, 0.05) is 18.2 Å². The van der Waals surface area contributed by atoms with Gasteiger partial charge in [-0.15, -0.1) is 0 Å². The van der Waals surface area contributed by atoms with Crippen molar-refractivity contribution in [3.63, 3.8) is 0 Å². The van der Waals surface area contributed by atoms with E-state index in [-0.39, 0.29) is 0 Å². The van der Waals surface area contributed by atoms with Crippen molar-refractivity contribution in [3.05, 3.63) is 52.0 Å². The van der Waals surface area contributed by atoms with Crippen molar-refractivity contribution in [1.29, 1.82) is 0 Å². The first-order chi connectivity index (χ1) is 9.65. The topological polar surface area (TPSA) is 21.3 Å². The molecular weight excluding hydrogens is 293 g/mol. The number of ether oxygens (including phenoxy) is 1. The predicted octanol–water partition coefficient (Wildman–Crippen LogP) is 4.78. The first kappa shape index (κ1) is 15.2. The second-order valence-corrected chi connectivity index (χ2v) is 5.24. The summed E-state index contributed by atoms with van der Waals surface area (Å²) in [5, 5.41) is 4.35. The van der Waals surface area contributed by atoms with Crippen LogP contribution in [0, 0.1) is 0 Å². The van der Waals surface area contributed by atoms with E-state index >= 15 is 0 Å². The molecule has 2 nitrogen and oxygen atoms in total. The van der Waals surface area contributed by atoms with Crippen LogP contribution in [0.5, 0.6) is 5.75 Å². The molecule has 20 heavy (non-hydrogen) atoms. The molecule has 0 aromatic heterocycles. The molecule has 106 valence electrons. The van der Waals surface area contributed by atoms with Crippen molar-refractivity contribution >= 4 is 23.2 Å². The molecule has 0 saturated heterocycles. The molecule has 4 heteroatoms. The molecule has 0 heterocycles. The van der Waals surface area contributed by atoms with Crippen molar-refractivity contribution in [1.82, 2.24) is 5.32 Å². The first-order valence-electron chi connectivity index (χ1n) is 6.51. The molecule has 0 saturated carbocycles. The van der Waals surface area contributed by atoms with Crippen LogP contribution in [0.25, 0.3) is 11.1 Å². The SMILES string of the molecule is CCOc1cc(Cl)c(-c2cccc(CNC)c2)cc1Cl. The standard InChI is InChI=1S/C16H17Cl2NO/c1-3-20-16-9-14(17)13(8-15(16)18)12-6-4-5-11(7-12)10-19-2/h4-9,19H,3,10H2,1-2H3. The van der Waals surface area contributed by atoms with Gasteiger partial charge in [-0.2, -0.15) is 0 Å². The summed E-state index contributed by atoms with van der Waals surface area (Å²) >= 11 is 12.6. The Morgan fingerprint density at radius 3 is 2.60 bits per heavy atom. The zero-order chi connectivity index (χ0) is 14.5. The van der Waals surface area contributed by atoms with Gasteiger partial charge in [0.1, 0.15) is 5.75 Å². The van der Waals surface area contributed by atoms with Gasteiger partial charge in [-0.25, -0.2) is 0 Å². The van der Waals surface area contributed by atoms with Gasteiger partial charge < -0.3 is 10.1 Å². The lowest BCUT2D eigenvalue weighted by Gasteiger charge is -2.11. The number of hydrogen-bond acceptors (Lipinski definition) is 2. The van der Waals surface area contributed by atoms with Gasteiger partial charge in [0.2, 0.25) is 0 Å². The molecule has 0 radical (unpaired) electrons. The lowest BCUT2D eigenvalue weighted by Crippen LogP contribution is -2.04. The summed E-state index contributed by atoms with van der Waals surface area (Å²) in [7, 11) is 1.92. The predicted molar refractivity (Wildman–Crippen MR) is 85.8 cm³/mol. The number of halogens is 2. The number of nitrogens with one attached hydrogen (secondary N) is 1. The van der Waals surface area contributed by atoms with Crippen LogP contribution in [-0.4, -0.2) is 13.7 Å². The zero-order valence-electron chi connectivity index (χ0n) is 11.5. The van der Waals surface area contributed by atoms with Gasteiger partial charge in [0.25, 0.3) is 0 Å². The van der Waals surface area contributed by atoms with Gasteiger partial charge in [-0.3, -0.25) is 0 Å². The highest BCUT2D eigenvalue weighted by Crippen LogP contribution is 2.37. The van der Waals surface area contributed by atoms with Crippen molar-refractivity contribution in [2.24, 2.45) is 0 Å². The molecule has 0 aliphatic carbocycles. The second kappa shape index (κ2) is 6.98. The maximum Gasteiger partial charge on any atom is 0.139 e. The van der Waals surface area contributed by atoms with E-state index < -0.39 is 0 Å². The van der Waals surface area contributed by atoms with Gasteiger partial charge in [-0.1, -0.05) is 41.4 Å². The normalized spacial score (nSPS) is 10.6. The summed E-state index contributed by atoms with van der Waals surface area (Å²) in [4.78, 5) is 0. The Morgan fingerprint density at radius 2 is 1.90 bits per heavy atom. The maximum absolute atomic E-state index is 6.35. The van der Waals surface area contributed by atoms with Crippen LogP contribution in [0.4, 0.5) is 0 Å². The molecule has 0 fully saturated rings. The smallest absolute Gasteiger partial charge is 0.139 e. The van der Waals surface area contributed by atoms with Crippen LogP contribution >= 0.6 is 23.2 Å². The minimum absolute atomic E-state index is 0.563. The average molecular weight is 310 g/mol. The Bertz CT molecular complexity index is 599. The minimum Gasteiger partial charge on any atom is -0.492 e. The summed E-state index contributed by atoms with van der Waals surface area (Å²) in [6.45, 7) is 3.29. The van der Waals surface area contributed by atoms with Gasteiger partial charge in [0.05, 0.1) is 16.7 Å². The van der Waals surface area contributed by atoms with E-state index in [0.717, 1.165) is 17.7 Å². The van der Waals surface area contributed by atoms with Crippen LogP contribution in [0.15, 0.2) is 36.4 Å². The fraction of sp³-hybridized carbons (Fsp3) is 0.250. The largest absolute Gasteiger partial charge is 0.492 e. The molecular formula is C16H17Cl2NO. The van der Waals surface area contributed by atoms with Gasteiger partial charge >= 0.3 is 0 Å². The van der Waals surface area contributed by atoms with Gasteiger partial charge in [0.15, 0.2) is 0 Å². The Balaban J connectivity index is 2.42. The van der Waals surface area contributed by atoms with E-state index in [0.29, 0.717) is 22.4 Å². The zero-order valence-corrected chi connectivity index (χ0v) is 13.1. The third kappa shape index (κ3) is 3.45. The van der Waals surface area contributed by atoms with Crippen molar-refractivity contribution in [3.8, 4) is 16.9 Å². The summed E-state index contributed by atoms with van der Waals surface area (Å²) in [6, 6.07) is 11.8. The second-order valence-electron chi connectivity index (χ2n) is 4.43. The minimum atomic E-state index is 0.563. The fourth-order valence-corrected chi connectivity index (χ4v) is 2.55. The highest BCUT2D eigenvalue weighted by molar-refractivity contribution is 6.36. The van der Waals surface area contributed by atoms with E-state index in [2.05, 4.69) is 17.4 Å². The van der Waals surface area contributed by atoms with Crippen LogP contribution in [0.2, 0.25) is 10.0 Å². The van der Waals surface area contributed by atoms with E-state index in [4.69, 9.17) is 27.9 Å². The third-order valence-corrected chi connectivity index (χ3v) is 3.55. The summed E-state index contributed by atoms with van der Waals surface area (Å²) in [6.07, 6.45) is 0. The van der Waals surface area contributed by atoms with Crippen LogP contribution in [0.1, 0.15) is 12.5 Å². The fourth-order valence-electron chi connectivity index (χ4n) is 2.07. The Labute approximate surface area is 129 Å². The quantitative estimate of drug-likeness (QED) is 0.858. The molecule has 2 aromatic carbocycles. The molecule has 0 unspecified atom stereocenters. The van der Waals surface area contributed by atoms with Gasteiger partial charge in [-0.05, 0) is 37.2 Å². The highest BCUT2D eigenvalue weighted by Gasteiger charge is 2.10. The van der Waals surface area contributed by atoms with E-state index in [1.807, 2.05) is 32.2 Å². The highest BCUT2D eigenvalue weighted by atomic mass is 35.5. The number of benzene rings is 2. The molecule has 0 amide bonds. The molecule has 0 atom stereocenters. The first-order valence-corrected chi connectivity index (χ1v) is 7.27. The van der Waals surface area contributed by atoms with Crippen molar-refractivity contribution < 1.29 is 4.74 Å². The van der Waals surface area contributed by atoms with Crippen LogP contribution < -0.4 is 10.1 Å². The average Bonchev–Trinajstić information content (AvgIpc) is 2.43. The molecule has 0 aliphatic rings. The molecule has 0 bridgehead atoms. The lowest BCUT2D eigenvalue weighted by atomic mass is 10.0. The maximum atomic E-state index is 6.35. The summed E-state index contributed by atoms with van der Waals surface area (Å²) < 4.78 is 5.44. The molecule has 2 rings (SSSR count). The Morgan fingerprint density at radius 1 is 1.10 bits per heavy atom. The monoisotopic (exact) mass is 309 g/mol.